The van der Waals surface area contributed by atoms with Gasteiger partial charge in [0.25, 0.3) is 0 Å². The van der Waals surface area contributed by atoms with Gasteiger partial charge in [-0.25, -0.2) is 4.79 Å². The van der Waals surface area contributed by atoms with Gasteiger partial charge < -0.3 is 14.8 Å². The Morgan fingerprint density at radius 2 is 2.11 bits per heavy atom. The highest BCUT2D eigenvalue weighted by atomic mass is 16.5. The van der Waals surface area contributed by atoms with Gasteiger partial charge in [0.2, 0.25) is 5.91 Å². The van der Waals surface area contributed by atoms with E-state index in [-0.39, 0.29) is 12.5 Å². The summed E-state index contributed by atoms with van der Waals surface area (Å²) in [7, 11) is 1.28. The summed E-state index contributed by atoms with van der Waals surface area (Å²) >= 11 is 0. The van der Waals surface area contributed by atoms with Crippen LogP contribution < -0.4 is 5.32 Å². The third kappa shape index (κ3) is 4.42. The van der Waals surface area contributed by atoms with Gasteiger partial charge in [-0.2, -0.15) is 0 Å². The molecule has 0 aromatic carbocycles. The molecule has 1 aliphatic rings. The monoisotopic (exact) mass is 272 g/mol. The summed E-state index contributed by atoms with van der Waals surface area (Å²) in [6, 6.07) is -0.563. The SMILES string of the molecule is CCCOC(=O)CNC(=O)C1CCCN1C(=O)OC. The molecule has 7 nitrogen and oxygen atoms in total. The lowest BCUT2D eigenvalue weighted by atomic mass is 10.2. The van der Waals surface area contributed by atoms with Crippen LogP contribution in [0.1, 0.15) is 26.2 Å². The second-order valence-electron chi connectivity index (χ2n) is 4.26. The molecule has 0 aliphatic carbocycles. The Morgan fingerprint density at radius 1 is 1.37 bits per heavy atom. The number of carbonyl (C=O) groups is 3. The third-order valence-corrected chi connectivity index (χ3v) is 2.84. The number of likely N-dealkylation sites (tertiary alicyclic amines) is 1. The van der Waals surface area contributed by atoms with E-state index in [1.54, 1.807) is 0 Å². The fourth-order valence-corrected chi connectivity index (χ4v) is 1.92. The van der Waals surface area contributed by atoms with E-state index in [1.165, 1.54) is 12.0 Å². The second-order valence-corrected chi connectivity index (χ2v) is 4.26. The van der Waals surface area contributed by atoms with Gasteiger partial charge in [-0.1, -0.05) is 6.92 Å². The fraction of sp³-hybridized carbons (Fsp3) is 0.750. The summed E-state index contributed by atoms with van der Waals surface area (Å²) in [6.07, 6.45) is 1.53. The number of carbonyl (C=O) groups excluding carboxylic acids is 3. The highest BCUT2D eigenvalue weighted by Gasteiger charge is 2.34. The van der Waals surface area contributed by atoms with Gasteiger partial charge in [-0.15, -0.1) is 0 Å². The normalized spacial score (nSPS) is 18.0. The molecule has 0 radical (unpaired) electrons. The molecule has 0 aromatic rings. The molecule has 2 amide bonds. The van der Waals surface area contributed by atoms with E-state index >= 15 is 0 Å². The molecular formula is C12H20N2O5. The second kappa shape index (κ2) is 7.60. The standard InChI is InChI=1S/C12H20N2O5/c1-3-7-19-10(15)8-13-11(16)9-5-4-6-14(9)12(17)18-2/h9H,3-8H2,1-2H3,(H,13,16). The van der Waals surface area contributed by atoms with Crippen LogP contribution in [0.3, 0.4) is 0 Å². The molecule has 0 aromatic heterocycles. The van der Waals surface area contributed by atoms with Crippen molar-refractivity contribution >= 4 is 18.0 Å². The Morgan fingerprint density at radius 3 is 2.74 bits per heavy atom. The van der Waals surface area contributed by atoms with Crippen LogP contribution in [0.15, 0.2) is 0 Å². The summed E-state index contributed by atoms with van der Waals surface area (Å²) < 4.78 is 9.45. The van der Waals surface area contributed by atoms with E-state index in [9.17, 15) is 14.4 Å². The van der Waals surface area contributed by atoms with Gasteiger partial charge in [-0.3, -0.25) is 14.5 Å². The minimum atomic E-state index is -0.563. The third-order valence-electron chi connectivity index (χ3n) is 2.84. The Kier molecular flexibility index (Phi) is 6.11. The maximum atomic E-state index is 11.9. The van der Waals surface area contributed by atoms with Crippen molar-refractivity contribution in [2.24, 2.45) is 0 Å². The zero-order valence-corrected chi connectivity index (χ0v) is 11.3. The highest BCUT2D eigenvalue weighted by Crippen LogP contribution is 2.18. The van der Waals surface area contributed by atoms with E-state index in [4.69, 9.17) is 4.74 Å². The van der Waals surface area contributed by atoms with Crippen molar-refractivity contribution in [3.8, 4) is 0 Å². The maximum Gasteiger partial charge on any atom is 0.410 e. The lowest BCUT2D eigenvalue weighted by Gasteiger charge is -2.22. The van der Waals surface area contributed by atoms with Crippen molar-refractivity contribution in [2.75, 3.05) is 26.8 Å². The highest BCUT2D eigenvalue weighted by molar-refractivity contribution is 5.88. The summed E-state index contributed by atoms with van der Waals surface area (Å²) in [6.45, 7) is 2.54. The van der Waals surface area contributed by atoms with E-state index in [2.05, 4.69) is 10.1 Å². The van der Waals surface area contributed by atoms with Gasteiger partial charge in [0.1, 0.15) is 12.6 Å². The van der Waals surface area contributed by atoms with Crippen LogP contribution in [0, 0.1) is 0 Å². The number of nitrogens with zero attached hydrogens (tertiary/aromatic N) is 1. The Labute approximate surface area is 112 Å². The molecule has 1 saturated heterocycles. The Bertz CT molecular complexity index is 345. The molecule has 19 heavy (non-hydrogen) atoms. The number of esters is 1. The molecule has 1 atom stereocenters. The lowest BCUT2D eigenvalue weighted by Crippen LogP contribution is -2.47. The largest absolute Gasteiger partial charge is 0.464 e. The first kappa shape index (κ1) is 15.3. The van der Waals surface area contributed by atoms with E-state index in [0.29, 0.717) is 19.6 Å². The molecular weight excluding hydrogens is 252 g/mol. The molecule has 1 unspecified atom stereocenters. The first-order valence-electron chi connectivity index (χ1n) is 6.38. The molecule has 1 heterocycles. The van der Waals surface area contributed by atoms with Crippen LogP contribution in [0.2, 0.25) is 0 Å². The number of methoxy groups -OCH3 is 1. The van der Waals surface area contributed by atoms with Crippen molar-refractivity contribution in [2.45, 2.75) is 32.2 Å². The number of nitrogens with one attached hydrogen (secondary N) is 1. The molecule has 108 valence electrons. The van der Waals surface area contributed by atoms with Crippen LogP contribution in [0.5, 0.6) is 0 Å². The Hall–Kier alpha value is -1.79. The lowest BCUT2D eigenvalue weighted by molar-refractivity contribution is -0.144. The first-order valence-corrected chi connectivity index (χ1v) is 6.38. The first-order chi connectivity index (χ1) is 9.10. The predicted octanol–water partition coefficient (Wildman–Crippen LogP) is 0.287. The summed E-state index contributed by atoms with van der Waals surface area (Å²) in [5, 5.41) is 2.48. The summed E-state index contributed by atoms with van der Waals surface area (Å²) in [4.78, 5) is 35.9. The molecule has 0 saturated carbocycles. The van der Waals surface area contributed by atoms with Gasteiger partial charge in [0, 0.05) is 6.54 Å². The van der Waals surface area contributed by atoms with Crippen LogP contribution in [-0.4, -0.2) is 55.7 Å². The van der Waals surface area contributed by atoms with E-state index < -0.39 is 18.1 Å². The molecule has 1 rings (SSSR count). The van der Waals surface area contributed by atoms with Gasteiger partial charge in [0.05, 0.1) is 13.7 Å². The minimum absolute atomic E-state index is 0.176. The van der Waals surface area contributed by atoms with Crippen LogP contribution in [-0.2, 0) is 19.1 Å². The minimum Gasteiger partial charge on any atom is -0.464 e. The van der Waals surface area contributed by atoms with Gasteiger partial charge in [-0.05, 0) is 19.3 Å². The van der Waals surface area contributed by atoms with Crippen molar-refractivity contribution in [1.29, 1.82) is 0 Å². The number of hydrogen-bond donors (Lipinski definition) is 1. The number of amides is 2. The molecule has 7 heteroatoms. The average Bonchev–Trinajstić information content (AvgIpc) is 2.90. The topological polar surface area (TPSA) is 84.9 Å². The Balaban J connectivity index is 2.40. The van der Waals surface area contributed by atoms with E-state index in [0.717, 1.165) is 12.8 Å². The zero-order chi connectivity index (χ0) is 14.3. The number of ether oxygens (including phenoxy) is 2. The van der Waals surface area contributed by atoms with Gasteiger partial charge >= 0.3 is 12.1 Å². The van der Waals surface area contributed by atoms with E-state index in [1.807, 2.05) is 6.92 Å². The number of rotatable bonds is 5. The number of hydrogen-bond acceptors (Lipinski definition) is 5. The molecule has 1 aliphatic heterocycles. The smallest absolute Gasteiger partial charge is 0.410 e. The van der Waals surface area contributed by atoms with Crippen LogP contribution in [0.4, 0.5) is 4.79 Å². The average molecular weight is 272 g/mol. The quantitative estimate of drug-likeness (QED) is 0.727. The molecule has 0 spiro atoms. The van der Waals surface area contributed by atoms with Crippen molar-refractivity contribution in [3.05, 3.63) is 0 Å². The fourth-order valence-electron chi connectivity index (χ4n) is 1.92. The van der Waals surface area contributed by atoms with Crippen molar-refractivity contribution in [1.82, 2.24) is 10.2 Å². The molecule has 1 fully saturated rings. The summed E-state index contributed by atoms with van der Waals surface area (Å²) in [5.74, 6) is -0.825. The molecule has 0 bridgehead atoms. The molecule has 1 N–H and O–H groups in total. The summed E-state index contributed by atoms with van der Waals surface area (Å²) in [5.41, 5.74) is 0. The van der Waals surface area contributed by atoms with Crippen molar-refractivity contribution in [3.63, 3.8) is 0 Å². The zero-order valence-electron chi connectivity index (χ0n) is 11.3. The predicted molar refractivity (Wildman–Crippen MR) is 66.4 cm³/mol. The maximum absolute atomic E-state index is 11.9. The van der Waals surface area contributed by atoms with Crippen LogP contribution >= 0.6 is 0 Å². The van der Waals surface area contributed by atoms with Gasteiger partial charge in [0.15, 0.2) is 0 Å². The van der Waals surface area contributed by atoms with Crippen molar-refractivity contribution < 1.29 is 23.9 Å². The van der Waals surface area contributed by atoms with Crippen LogP contribution in [0.25, 0.3) is 0 Å².